The van der Waals surface area contributed by atoms with Gasteiger partial charge in [0.25, 0.3) is 0 Å². The van der Waals surface area contributed by atoms with Gasteiger partial charge in [-0.05, 0) is 0 Å². The normalized spacial score (nSPS) is 15.7. The zero-order valence-electron chi connectivity index (χ0n) is 11.0. The fourth-order valence-electron chi connectivity index (χ4n) is 2.08. The van der Waals surface area contributed by atoms with E-state index >= 15 is 0 Å². The number of rotatable bonds is 3. The summed E-state index contributed by atoms with van der Waals surface area (Å²) in [6.45, 7) is 4.73. The summed E-state index contributed by atoms with van der Waals surface area (Å²) in [5.74, 6) is 0.827. The molecule has 1 aliphatic rings. The van der Waals surface area contributed by atoms with Gasteiger partial charge in [0.05, 0.1) is 0 Å². The fraction of sp³-hybridized carbons (Fsp3) is 0.385. The van der Waals surface area contributed by atoms with E-state index in [2.05, 4.69) is 35.2 Å². The van der Waals surface area contributed by atoms with Crippen molar-refractivity contribution in [2.45, 2.75) is 23.5 Å². The van der Waals surface area contributed by atoms with Crippen LogP contribution in [0.5, 0.6) is 5.75 Å². The molecule has 0 saturated heterocycles. The quantitative estimate of drug-likeness (QED) is 0.634. The zero-order chi connectivity index (χ0) is 13.5. The Bertz CT molecular complexity index is 612. The van der Waals surface area contributed by atoms with Crippen molar-refractivity contribution in [2.75, 3.05) is 13.9 Å². The summed E-state index contributed by atoms with van der Waals surface area (Å²) in [5, 5.41) is 4.34. The van der Waals surface area contributed by atoms with E-state index in [1.54, 1.807) is 7.11 Å². The van der Waals surface area contributed by atoms with Gasteiger partial charge in [0.1, 0.15) is 0 Å². The minimum absolute atomic E-state index is 0.0612. The molecule has 6 heteroatoms. The number of ether oxygens (including phenoxy) is 2. The van der Waals surface area contributed by atoms with Gasteiger partial charge in [-0.3, -0.25) is 0 Å². The molecule has 1 aromatic carbocycles. The molecular formula is C13H14N2O2SSe. The molecule has 4 nitrogen and oxygen atoms in total. The summed E-state index contributed by atoms with van der Waals surface area (Å²) in [6, 6.07) is 6.09. The van der Waals surface area contributed by atoms with Crippen LogP contribution < -0.4 is 4.74 Å². The van der Waals surface area contributed by atoms with E-state index in [1.807, 2.05) is 17.8 Å². The first-order valence-electron chi connectivity index (χ1n) is 5.90. The minimum atomic E-state index is 0.0612. The van der Waals surface area contributed by atoms with Crippen molar-refractivity contribution in [1.29, 1.82) is 0 Å². The maximum absolute atomic E-state index is 5.50. The molecule has 0 N–H and O–H groups in total. The van der Waals surface area contributed by atoms with Crippen molar-refractivity contribution < 1.29 is 9.47 Å². The average Bonchev–Trinajstić information content (AvgIpc) is 2.86. The Morgan fingerprint density at radius 1 is 1.37 bits per heavy atom. The summed E-state index contributed by atoms with van der Waals surface area (Å²) < 4.78 is 16.1. The van der Waals surface area contributed by atoms with E-state index in [0.717, 1.165) is 11.4 Å². The van der Waals surface area contributed by atoms with E-state index in [-0.39, 0.29) is 26.3 Å². The van der Waals surface area contributed by atoms with Gasteiger partial charge >= 0.3 is 122 Å². The molecule has 0 spiro atoms. The third-order valence-corrected chi connectivity index (χ3v) is 6.72. The van der Waals surface area contributed by atoms with Gasteiger partial charge < -0.3 is 0 Å². The SMILES string of the molecule is COCOc1ccc2c(c1)SC(C)(C)c1[se]nnc1-2. The van der Waals surface area contributed by atoms with Gasteiger partial charge in [-0.25, -0.2) is 0 Å². The molecule has 1 aliphatic heterocycles. The first-order valence-corrected chi connectivity index (χ1v) is 8.34. The summed E-state index contributed by atoms with van der Waals surface area (Å²) in [7, 11) is 1.62. The number of hydrogen-bond acceptors (Lipinski definition) is 5. The first kappa shape index (κ1) is 13.2. The molecule has 0 saturated carbocycles. The number of thioether (sulfide) groups is 1. The Balaban J connectivity index is 2.04. The molecule has 0 bridgehead atoms. The summed E-state index contributed by atoms with van der Waals surface area (Å²) in [5.41, 5.74) is 2.24. The van der Waals surface area contributed by atoms with Crippen molar-refractivity contribution >= 4 is 26.5 Å². The van der Waals surface area contributed by atoms with Crippen LogP contribution in [-0.2, 0) is 9.48 Å². The Morgan fingerprint density at radius 3 is 3.00 bits per heavy atom. The van der Waals surface area contributed by atoms with E-state index in [0.29, 0.717) is 0 Å². The number of hydrogen-bond donors (Lipinski definition) is 0. The predicted octanol–water partition coefficient (Wildman–Crippen LogP) is 2.52. The molecule has 3 rings (SSSR count). The first-order chi connectivity index (χ1) is 9.12. The molecule has 100 valence electrons. The summed E-state index contributed by atoms with van der Waals surface area (Å²) in [6.07, 6.45) is 0. The van der Waals surface area contributed by atoms with E-state index in [9.17, 15) is 0 Å². The fourth-order valence-corrected chi connectivity index (χ4v) is 5.11. The second kappa shape index (κ2) is 4.94. The molecule has 1 aromatic heterocycles. The molecule has 2 heterocycles. The number of aromatic nitrogens is 2. The van der Waals surface area contributed by atoms with E-state index in [4.69, 9.17) is 9.47 Å². The van der Waals surface area contributed by atoms with Crippen molar-refractivity contribution in [2.24, 2.45) is 0 Å². The number of nitrogens with zero attached hydrogens (tertiary/aromatic N) is 2. The molecular weight excluding hydrogens is 327 g/mol. The molecule has 0 radical (unpaired) electrons. The Hall–Kier alpha value is -0.811. The molecule has 0 unspecified atom stereocenters. The topological polar surface area (TPSA) is 44.2 Å². The van der Waals surface area contributed by atoms with Crippen LogP contribution >= 0.6 is 11.8 Å². The van der Waals surface area contributed by atoms with Gasteiger partial charge in [-0.15, -0.1) is 0 Å². The van der Waals surface area contributed by atoms with Crippen LogP contribution in [0.15, 0.2) is 23.1 Å². The third kappa shape index (κ3) is 2.34. The second-order valence-corrected chi connectivity index (χ2v) is 8.02. The zero-order valence-corrected chi connectivity index (χ0v) is 13.5. The van der Waals surface area contributed by atoms with Crippen LogP contribution in [0.3, 0.4) is 0 Å². The van der Waals surface area contributed by atoms with E-state index < -0.39 is 0 Å². The standard InChI is InChI=1S/C13H14N2O2SSe/c1-13(2)12-11(14-15-19-12)9-5-4-8(17-7-16-3)6-10(9)18-13/h4-6H,7H2,1-3H3. The van der Waals surface area contributed by atoms with Crippen LogP contribution in [0.1, 0.15) is 18.3 Å². The van der Waals surface area contributed by atoms with Crippen molar-refractivity contribution in [3.05, 3.63) is 22.6 Å². The number of benzene rings is 1. The van der Waals surface area contributed by atoms with Crippen molar-refractivity contribution in [1.82, 2.24) is 9.19 Å². The van der Waals surface area contributed by atoms with Gasteiger partial charge in [0.2, 0.25) is 0 Å². The molecule has 0 atom stereocenters. The third-order valence-electron chi connectivity index (χ3n) is 2.95. The molecule has 2 aromatic rings. The van der Waals surface area contributed by atoms with Crippen LogP contribution in [0.2, 0.25) is 0 Å². The summed E-state index contributed by atoms with van der Waals surface area (Å²) in [4.78, 5) is 1.20. The van der Waals surface area contributed by atoms with Gasteiger partial charge in [-0.1, -0.05) is 0 Å². The summed E-state index contributed by atoms with van der Waals surface area (Å²) >= 11 is 2.00. The van der Waals surface area contributed by atoms with Crippen LogP contribution in [0, 0.1) is 0 Å². The Kier molecular flexibility index (Phi) is 3.43. The van der Waals surface area contributed by atoms with Gasteiger partial charge in [-0.2, -0.15) is 0 Å². The number of fused-ring (bicyclic) bond motifs is 3. The Morgan fingerprint density at radius 2 is 2.21 bits per heavy atom. The molecule has 0 fully saturated rings. The number of methoxy groups -OCH3 is 1. The molecule has 0 amide bonds. The average molecular weight is 341 g/mol. The van der Waals surface area contributed by atoms with E-state index in [1.165, 1.54) is 14.9 Å². The monoisotopic (exact) mass is 342 g/mol. The van der Waals surface area contributed by atoms with Crippen LogP contribution in [0.4, 0.5) is 0 Å². The van der Waals surface area contributed by atoms with Crippen molar-refractivity contribution in [3.63, 3.8) is 0 Å². The van der Waals surface area contributed by atoms with Crippen LogP contribution in [-0.4, -0.2) is 37.8 Å². The maximum atomic E-state index is 5.50. The van der Waals surface area contributed by atoms with Crippen LogP contribution in [0.25, 0.3) is 11.3 Å². The molecule has 19 heavy (non-hydrogen) atoms. The van der Waals surface area contributed by atoms with Gasteiger partial charge in [0.15, 0.2) is 0 Å². The van der Waals surface area contributed by atoms with Crippen molar-refractivity contribution in [3.8, 4) is 17.0 Å². The Labute approximate surface area is 122 Å². The molecule has 0 aliphatic carbocycles. The predicted molar refractivity (Wildman–Crippen MR) is 75.8 cm³/mol. The second-order valence-electron chi connectivity index (χ2n) is 4.77. The van der Waals surface area contributed by atoms with Gasteiger partial charge in [0, 0.05) is 0 Å².